The van der Waals surface area contributed by atoms with Gasteiger partial charge in [-0.05, 0) is 25.1 Å². The van der Waals surface area contributed by atoms with E-state index in [0.717, 1.165) is 19.5 Å². The number of hydrogen-bond acceptors (Lipinski definition) is 2. The Labute approximate surface area is 87.2 Å². The molecular weight excluding hydrogens is 200 g/mol. The van der Waals surface area contributed by atoms with Crippen molar-refractivity contribution in [3.63, 3.8) is 0 Å². The van der Waals surface area contributed by atoms with Crippen molar-refractivity contribution in [1.29, 1.82) is 0 Å². The molecule has 0 aromatic heterocycles. The van der Waals surface area contributed by atoms with Gasteiger partial charge in [0.1, 0.15) is 0 Å². The zero-order chi connectivity index (χ0) is 10.7. The van der Waals surface area contributed by atoms with Gasteiger partial charge in [0, 0.05) is 12.5 Å². The third-order valence-electron chi connectivity index (χ3n) is 2.54. The quantitative estimate of drug-likeness (QED) is 0.828. The SMILES string of the molecule is Fc1cccc(F)c1OCC1CCNC1. The number of halogens is 2. The molecule has 1 aliphatic heterocycles. The van der Waals surface area contributed by atoms with Crippen LogP contribution in [0.5, 0.6) is 5.75 Å². The molecule has 1 atom stereocenters. The highest BCUT2D eigenvalue weighted by Crippen LogP contribution is 2.22. The molecule has 2 nitrogen and oxygen atoms in total. The number of nitrogens with one attached hydrogen (secondary N) is 1. The average molecular weight is 213 g/mol. The van der Waals surface area contributed by atoms with Gasteiger partial charge in [-0.25, -0.2) is 8.78 Å². The molecule has 15 heavy (non-hydrogen) atoms. The summed E-state index contributed by atoms with van der Waals surface area (Å²) in [4.78, 5) is 0. The van der Waals surface area contributed by atoms with Gasteiger partial charge in [0.25, 0.3) is 0 Å². The first-order valence-corrected chi connectivity index (χ1v) is 5.05. The summed E-state index contributed by atoms with van der Waals surface area (Å²) in [7, 11) is 0. The van der Waals surface area contributed by atoms with E-state index in [1.165, 1.54) is 18.2 Å². The van der Waals surface area contributed by atoms with E-state index in [-0.39, 0.29) is 5.75 Å². The minimum atomic E-state index is -0.638. The number of rotatable bonds is 3. The molecule has 2 rings (SSSR count). The molecule has 1 aromatic rings. The zero-order valence-corrected chi connectivity index (χ0v) is 8.30. The van der Waals surface area contributed by atoms with Gasteiger partial charge in [0.15, 0.2) is 17.4 Å². The second kappa shape index (κ2) is 4.57. The zero-order valence-electron chi connectivity index (χ0n) is 8.30. The molecule has 0 radical (unpaired) electrons. The predicted molar refractivity (Wildman–Crippen MR) is 52.8 cm³/mol. The maximum Gasteiger partial charge on any atom is 0.190 e. The molecule has 4 heteroatoms. The Kier molecular flexibility index (Phi) is 3.16. The lowest BCUT2D eigenvalue weighted by Crippen LogP contribution is -2.16. The lowest BCUT2D eigenvalue weighted by Gasteiger charge is -2.11. The smallest absolute Gasteiger partial charge is 0.190 e. The first kappa shape index (κ1) is 10.4. The van der Waals surface area contributed by atoms with Crippen LogP contribution in [0, 0.1) is 17.6 Å². The Morgan fingerprint density at radius 1 is 1.33 bits per heavy atom. The van der Waals surface area contributed by atoms with Crippen LogP contribution in [-0.4, -0.2) is 19.7 Å². The van der Waals surface area contributed by atoms with Crippen LogP contribution in [0.3, 0.4) is 0 Å². The van der Waals surface area contributed by atoms with Crippen LogP contribution in [0.1, 0.15) is 6.42 Å². The van der Waals surface area contributed by atoms with E-state index in [2.05, 4.69) is 5.32 Å². The molecule has 1 fully saturated rings. The molecule has 1 N–H and O–H groups in total. The third-order valence-corrected chi connectivity index (χ3v) is 2.54. The highest BCUT2D eigenvalue weighted by molar-refractivity contribution is 5.25. The van der Waals surface area contributed by atoms with Crippen LogP contribution in [0.4, 0.5) is 8.78 Å². The van der Waals surface area contributed by atoms with Crippen LogP contribution in [0.2, 0.25) is 0 Å². The van der Waals surface area contributed by atoms with Gasteiger partial charge < -0.3 is 10.1 Å². The van der Waals surface area contributed by atoms with Crippen molar-refractivity contribution in [2.24, 2.45) is 5.92 Å². The lowest BCUT2D eigenvalue weighted by atomic mass is 10.1. The summed E-state index contributed by atoms with van der Waals surface area (Å²) in [5, 5.41) is 3.17. The van der Waals surface area contributed by atoms with Crippen LogP contribution in [0.25, 0.3) is 0 Å². The van der Waals surface area contributed by atoms with Gasteiger partial charge in [-0.15, -0.1) is 0 Å². The van der Waals surface area contributed by atoms with E-state index in [0.29, 0.717) is 12.5 Å². The number of benzene rings is 1. The molecule has 1 heterocycles. The fourth-order valence-corrected chi connectivity index (χ4v) is 1.68. The predicted octanol–water partition coefficient (Wildman–Crippen LogP) is 1.95. The molecule has 0 saturated carbocycles. The second-order valence-corrected chi connectivity index (χ2v) is 3.72. The summed E-state index contributed by atoms with van der Waals surface area (Å²) in [6, 6.07) is 3.73. The first-order chi connectivity index (χ1) is 7.27. The fraction of sp³-hybridized carbons (Fsp3) is 0.455. The standard InChI is InChI=1S/C11H13F2NO/c12-9-2-1-3-10(13)11(9)15-7-8-4-5-14-6-8/h1-3,8,14H,4-7H2. The van der Waals surface area contributed by atoms with Crippen LogP contribution in [0.15, 0.2) is 18.2 Å². The summed E-state index contributed by atoms with van der Waals surface area (Å²) >= 11 is 0. The monoisotopic (exact) mass is 213 g/mol. The van der Waals surface area contributed by atoms with E-state index in [1.54, 1.807) is 0 Å². The maximum atomic E-state index is 13.1. The van der Waals surface area contributed by atoms with Gasteiger partial charge in [0.05, 0.1) is 6.61 Å². The molecule has 0 spiro atoms. The van der Waals surface area contributed by atoms with Gasteiger partial charge in [-0.1, -0.05) is 6.07 Å². The van der Waals surface area contributed by atoms with E-state index in [4.69, 9.17) is 4.74 Å². The Morgan fingerprint density at radius 3 is 2.67 bits per heavy atom. The molecular formula is C11H13F2NO. The summed E-state index contributed by atoms with van der Waals surface area (Å²) in [6.45, 7) is 2.18. The first-order valence-electron chi connectivity index (χ1n) is 5.05. The molecule has 1 saturated heterocycles. The van der Waals surface area contributed by atoms with Gasteiger partial charge in [-0.2, -0.15) is 0 Å². The van der Waals surface area contributed by atoms with Crippen molar-refractivity contribution in [3.05, 3.63) is 29.8 Å². The van der Waals surface area contributed by atoms with Crippen molar-refractivity contribution in [2.45, 2.75) is 6.42 Å². The lowest BCUT2D eigenvalue weighted by molar-refractivity contribution is 0.238. The third kappa shape index (κ3) is 2.45. The van der Waals surface area contributed by atoms with E-state index < -0.39 is 11.6 Å². The Bertz CT molecular complexity index is 317. The average Bonchev–Trinajstić information content (AvgIpc) is 2.70. The van der Waals surface area contributed by atoms with Crippen LogP contribution >= 0.6 is 0 Å². The summed E-state index contributed by atoms with van der Waals surface area (Å²) in [5.74, 6) is -1.18. The molecule has 1 aromatic carbocycles. The van der Waals surface area contributed by atoms with Crippen molar-refractivity contribution in [2.75, 3.05) is 19.7 Å². The minimum Gasteiger partial charge on any atom is -0.487 e. The van der Waals surface area contributed by atoms with E-state index in [9.17, 15) is 8.78 Å². The van der Waals surface area contributed by atoms with Gasteiger partial charge >= 0.3 is 0 Å². The van der Waals surface area contributed by atoms with E-state index >= 15 is 0 Å². The molecule has 0 bridgehead atoms. The summed E-state index contributed by atoms with van der Waals surface area (Å²) in [5.41, 5.74) is 0. The molecule has 1 aliphatic rings. The summed E-state index contributed by atoms with van der Waals surface area (Å²) in [6.07, 6.45) is 0.996. The molecule has 0 aliphatic carbocycles. The minimum absolute atomic E-state index is 0.260. The number of ether oxygens (including phenoxy) is 1. The highest BCUT2D eigenvalue weighted by atomic mass is 19.1. The van der Waals surface area contributed by atoms with Crippen LogP contribution < -0.4 is 10.1 Å². The largest absolute Gasteiger partial charge is 0.487 e. The Balaban J connectivity index is 1.97. The van der Waals surface area contributed by atoms with Crippen molar-refractivity contribution in [3.8, 4) is 5.75 Å². The topological polar surface area (TPSA) is 21.3 Å². The molecule has 0 amide bonds. The molecule has 82 valence electrons. The second-order valence-electron chi connectivity index (χ2n) is 3.72. The Hall–Kier alpha value is -1.16. The van der Waals surface area contributed by atoms with Crippen molar-refractivity contribution >= 4 is 0 Å². The molecule has 1 unspecified atom stereocenters. The van der Waals surface area contributed by atoms with Gasteiger partial charge in [0.2, 0.25) is 0 Å². The summed E-state index contributed by atoms with van der Waals surface area (Å²) < 4.78 is 31.4. The Morgan fingerprint density at radius 2 is 2.07 bits per heavy atom. The van der Waals surface area contributed by atoms with Crippen molar-refractivity contribution in [1.82, 2.24) is 5.32 Å². The fourth-order valence-electron chi connectivity index (χ4n) is 1.68. The maximum absolute atomic E-state index is 13.1. The van der Waals surface area contributed by atoms with Crippen molar-refractivity contribution < 1.29 is 13.5 Å². The number of para-hydroxylation sites is 1. The number of hydrogen-bond donors (Lipinski definition) is 1. The van der Waals surface area contributed by atoms with Gasteiger partial charge in [-0.3, -0.25) is 0 Å². The van der Waals surface area contributed by atoms with E-state index in [1.807, 2.05) is 0 Å². The highest BCUT2D eigenvalue weighted by Gasteiger charge is 2.17. The normalized spacial score (nSPS) is 20.5. The van der Waals surface area contributed by atoms with Crippen LogP contribution in [-0.2, 0) is 0 Å².